The molecule has 1 saturated carbocycles. The number of hydrogen-bond donors (Lipinski definition) is 1. The summed E-state index contributed by atoms with van der Waals surface area (Å²) in [6.45, 7) is 0.916. The van der Waals surface area contributed by atoms with Crippen LogP contribution in [0, 0.1) is 11.7 Å². The van der Waals surface area contributed by atoms with Gasteiger partial charge in [-0.25, -0.2) is 4.39 Å². The van der Waals surface area contributed by atoms with E-state index in [1.165, 1.54) is 44.2 Å². The topological polar surface area (TPSA) is 55.1 Å². The van der Waals surface area contributed by atoms with Crippen molar-refractivity contribution in [3.63, 3.8) is 0 Å². The van der Waals surface area contributed by atoms with E-state index in [0.29, 0.717) is 5.92 Å². The molecule has 5 heteroatoms. The van der Waals surface area contributed by atoms with Crippen molar-refractivity contribution in [3.8, 4) is 11.1 Å². The zero-order valence-corrected chi connectivity index (χ0v) is 13.0. The second-order valence-electron chi connectivity index (χ2n) is 6.33. The van der Waals surface area contributed by atoms with Gasteiger partial charge >= 0.3 is 5.97 Å². The first-order valence-electron chi connectivity index (χ1n) is 8.15. The summed E-state index contributed by atoms with van der Waals surface area (Å²) in [6, 6.07) is 4.68. The van der Waals surface area contributed by atoms with Crippen molar-refractivity contribution >= 4 is 5.97 Å². The first-order valence-corrected chi connectivity index (χ1v) is 8.15. The van der Waals surface area contributed by atoms with Crippen LogP contribution in [-0.4, -0.2) is 20.9 Å². The first kappa shape index (κ1) is 15.7. The molecule has 0 spiro atoms. The number of carboxylic acids is 1. The van der Waals surface area contributed by atoms with E-state index in [4.69, 9.17) is 5.11 Å². The fraction of sp³-hybridized carbons (Fsp3) is 0.444. The smallest absolute Gasteiger partial charge is 0.307 e. The number of carbonyl (C=O) groups is 1. The van der Waals surface area contributed by atoms with Crippen LogP contribution in [-0.2, 0) is 17.8 Å². The molecule has 1 heterocycles. The molecule has 0 radical (unpaired) electrons. The van der Waals surface area contributed by atoms with E-state index in [0.717, 1.165) is 17.7 Å². The summed E-state index contributed by atoms with van der Waals surface area (Å²) in [5.41, 5.74) is 1.80. The van der Waals surface area contributed by atoms with Crippen LogP contribution in [0.1, 0.15) is 37.7 Å². The van der Waals surface area contributed by atoms with Crippen LogP contribution in [0.25, 0.3) is 11.1 Å². The van der Waals surface area contributed by atoms with Gasteiger partial charge in [0.1, 0.15) is 5.82 Å². The standard InChI is InChI=1S/C18H21FN2O2/c19-17-8-14(6-7-15(17)9-18(22)23)16-10-20-21(12-16)11-13-4-2-1-3-5-13/h6-8,10,12-13H,1-5,9,11H2,(H,22,23). The van der Waals surface area contributed by atoms with Gasteiger partial charge in [-0.05, 0) is 36.0 Å². The first-order chi connectivity index (χ1) is 11.1. The number of aliphatic carboxylic acids is 1. The number of aromatic nitrogens is 2. The lowest BCUT2D eigenvalue weighted by atomic mass is 9.89. The fourth-order valence-corrected chi connectivity index (χ4v) is 3.28. The lowest BCUT2D eigenvalue weighted by Gasteiger charge is -2.21. The van der Waals surface area contributed by atoms with Crippen LogP contribution in [0.3, 0.4) is 0 Å². The van der Waals surface area contributed by atoms with E-state index in [1.807, 2.05) is 10.9 Å². The number of hydrogen-bond acceptors (Lipinski definition) is 2. The maximum atomic E-state index is 14.0. The molecule has 4 nitrogen and oxygen atoms in total. The Kier molecular flexibility index (Phi) is 4.74. The molecular formula is C18H21FN2O2. The fourth-order valence-electron chi connectivity index (χ4n) is 3.28. The Balaban J connectivity index is 1.72. The van der Waals surface area contributed by atoms with Crippen LogP contribution >= 0.6 is 0 Å². The van der Waals surface area contributed by atoms with Gasteiger partial charge in [-0.3, -0.25) is 9.48 Å². The SMILES string of the molecule is O=C(O)Cc1ccc(-c2cnn(CC3CCCCC3)c2)cc1F. The molecule has 1 aromatic heterocycles. The molecule has 0 saturated heterocycles. The second-order valence-corrected chi connectivity index (χ2v) is 6.33. The minimum absolute atomic E-state index is 0.204. The van der Waals surface area contributed by atoms with Gasteiger partial charge < -0.3 is 5.11 Å². The summed E-state index contributed by atoms with van der Waals surface area (Å²) in [6.07, 6.45) is 9.84. The monoisotopic (exact) mass is 316 g/mol. The summed E-state index contributed by atoms with van der Waals surface area (Å²) >= 11 is 0. The molecule has 2 aromatic rings. The van der Waals surface area contributed by atoms with Crippen molar-refractivity contribution in [2.75, 3.05) is 0 Å². The van der Waals surface area contributed by atoms with E-state index in [2.05, 4.69) is 5.10 Å². The van der Waals surface area contributed by atoms with Crippen LogP contribution in [0.4, 0.5) is 4.39 Å². The molecule has 1 fully saturated rings. The van der Waals surface area contributed by atoms with Gasteiger partial charge in [-0.1, -0.05) is 31.4 Å². The van der Waals surface area contributed by atoms with Gasteiger partial charge in [0.05, 0.1) is 12.6 Å². The van der Waals surface area contributed by atoms with Gasteiger partial charge in [-0.2, -0.15) is 5.10 Å². The minimum atomic E-state index is -1.03. The van der Waals surface area contributed by atoms with E-state index in [-0.39, 0.29) is 12.0 Å². The number of halogens is 1. The van der Waals surface area contributed by atoms with Crippen molar-refractivity contribution in [1.82, 2.24) is 9.78 Å². The van der Waals surface area contributed by atoms with Crippen LogP contribution in [0.5, 0.6) is 0 Å². The van der Waals surface area contributed by atoms with Crippen molar-refractivity contribution < 1.29 is 14.3 Å². The highest BCUT2D eigenvalue weighted by atomic mass is 19.1. The molecule has 0 atom stereocenters. The zero-order chi connectivity index (χ0) is 16.2. The number of nitrogens with zero attached hydrogens (tertiary/aromatic N) is 2. The van der Waals surface area contributed by atoms with Gasteiger partial charge in [0.15, 0.2) is 0 Å². The quantitative estimate of drug-likeness (QED) is 0.910. The maximum absolute atomic E-state index is 14.0. The average molecular weight is 316 g/mol. The third kappa shape index (κ3) is 3.97. The summed E-state index contributed by atoms with van der Waals surface area (Å²) < 4.78 is 15.9. The molecule has 0 aliphatic heterocycles. The molecule has 1 aromatic carbocycles. The lowest BCUT2D eigenvalue weighted by Crippen LogP contribution is -2.14. The second kappa shape index (κ2) is 6.94. The molecule has 0 bridgehead atoms. The largest absolute Gasteiger partial charge is 0.481 e. The summed E-state index contributed by atoms with van der Waals surface area (Å²) in [5, 5.41) is 13.1. The van der Waals surface area contributed by atoms with Crippen LogP contribution in [0.2, 0.25) is 0 Å². The summed E-state index contributed by atoms with van der Waals surface area (Å²) in [7, 11) is 0. The Bertz CT molecular complexity index is 690. The van der Waals surface area contributed by atoms with E-state index in [9.17, 15) is 9.18 Å². The van der Waals surface area contributed by atoms with Gasteiger partial charge in [0.25, 0.3) is 0 Å². The Morgan fingerprint density at radius 1 is 1.26 bits per heavy atom. The Hall–Kier alpha value is -2.17. The molecule has 1 N–H and O–H groups in total. The van der Waals surface area contributed by atoms with E-state index < -0.39 is 11.8 Å². The molecule has 3 rings (SSSR count). The third-order valence-corrected chi connectivity index (χ3v) is 4.53. The number of benzene rings is 1. The predicted octanol–water partition coefficient (Wildman–Crippen LogP) is 3.90. The zero-order valence-electron chi connectivity index (χ0n) is 13.0. The number of rotatable bonds is 5. The Morgan fingerprint density at radius 2 is 2.04 bits per heavy atom. The average Bonchev–Trinajstić information content (AvgIpc) is 2.98. The highest BCUT2D eigenvalue weighted by Gasteiger charge is 2.15. The Morgan fingerprint density at radius 3 is 2.74 bits per heavy atom. The molecule has 1 aliphatic rings. The normalized spacial score (nSPS) is 15.7. The predicted molar refractivity (Wildman–Crippen MR) is 85.5 cm³/mol. The maximum Gasteiger partial charge on any atom is 0.307 e. The molecule has 122 valence electrons. The Labute approximate surface area is 134 Å². The molecule has 23 heavy (non-hydrogen) atoms. The van der Waals surface area contributed by atoms with Gasteiger partial charge in [0, 0.05) is 18.3 Å². The van der Waals surface area contributed by atoms with E-state index in [1.54, 1.807) is 12.3 Å². The van der Waals surface area contributed by atoms with Gasteiger partial charge in [0.2, 0.25) is 0 Å². The molecular weight excluding hydrogens is 295 g/mol. The van der Waals surface area contributed by atoms with Crippen molar-refractivity contribution in [1.29, 1.82) is 0 Å². The lowest BCUT2D eigenvalue weighted by molar-refractivity contribution is -0.136. The molecule has 1 aliphatic carbocycles. The number of carboxylic acid groups (broad SMARTS) is 1. The third-order valence-electron chi connectivity index (χ3n) is 4.53. The highest BCUT2D eigenvalue weighted by Crippen LogP contribution is 2.26. The molecule has 0 amide bonds. The minimum Gasteiger partial charge on any atom is -0.481 e. The summed E-state index contributed by atoms with van der Waals surface area (Å²) in [5.74, 6) is -0.826. The summed E-state index contributed by atoms with van der Waals surface area (Å²) in [4.78, 5) is 10.7. The van der Waals surface area contributed by atoms with Crippen LogP contribution in [0.15, 0.2) is 30.6 Å². The molecule has 0 unspecified atom stereocenters. The van der Waals surface area contributed by atoms with Crippen molar-refractivity contribution in [2.45, 2.75) is 45.1 Å². The van der Waals surface area contributed by atoms with E-state index >= 15 is 0 Å². The van der Waals surface area contributed by atoms with Crippen LogP contribution < -0.4 is 0 Å². The highest BCUT2D eigenvalue weighted by molar-refractivity contribution is 5.71. The van der Waals surface area contributed by atoms with Crippen molar-refractivity contribution in [3.05, 3.63) is 42.0 Å². The van der Waals surface area contributed by atoms with Gasteiger partial charge in [-0.15, -0.1) is 0 Å². The van der Waals surface area contributed by atoms with Crippen molar-refractivity contribution in [2.24, 2.45) is 5.92 Å².